The SMILES string of the molecule is CB(O)NCCSCc1ncccc1SC(c1ccccc1)(c1ccccc1)c1ccccc1. The fourth-order valence-electron chi connectivity index (χ4n) is 3.99. The molecule has 0 radical (unpaired) electrons. The lowest BCUT2D eigenvalue weighted by molar-refractivity contribution is 0.558. The fourth-order valence-corrected chi connectivity index (χ4v) is 6.40. The Labute approximate surface area is 211 Å². The monoisotopic (exact) mass is 484 g/mol. The fraction of sp³-hybridized carbons (Fsp3) is 0.179. The Bertz CT molecular complexity index is 1050. The maximum atomic E-state index is 9.43. The van der Waals surface area contributed by atoms with E-state index in [0.29, 0.717) is 0 Å². The van der Waals surface area contributed by atoms with Crippen molar-refractivity contribution in [1.29, 1.82) is 0 Å². The first-order chi connectivity index (χ1) is 16.7. The largest absolute Gasteiger partial charge is 0.437 e. The van der Waals surface area contributed by atoms with Gasteiger partial charge in [-0.3, -0.25) is 4.98 Å². The molecule has 3 nitrogen and oxygen atoms in total. The van der Waals surface area contributed by atoms with Crippen LogP contribution in [-0.4, -0.2) is 29.4 Å². The van der Waals surface area contributed by atoms with Crippen LogP contribution in [0.2, 0.25) is 6.82 Å². The summed E-state index contributed by atoms with van der Waals surface area (Å²) < 4.78 is -0.417. The Morgan fingerprint density at radius 1 is 0.794 bits per heavy atom. The number of hydrogen-bond donors (Lipinski definition) is 2. The second kappa shape index (κ2) is 12.3. The highest BCUT2D eigenvalue weighted by atomic mass is 32.2. The highest BCUT2D eigenvalue weighted by Crippen LogP contribution is 2.52. The molecule has 1 aromatic heterocycles. The van der Waals surface area contributed by atoms with Crippen molar-refractivity contribution < 1.29 is 5.02 Å². The predicted octanol–water partition coefficient (Wildman–Crippen LogP) is 6.10. The quantitative estimate of drug-likeness (QED) is 0.117. The van der Waals surface area contributed by atoms with Gasteiger partial charge in [0.05, 0.1) is 10.4 Å². The maximum Gasteiger partial charge on any atom is 0.373 e. The highest BCUT2D eigenvalue weighted by Gasteiger charge is 2.38. The Kier molecular flexibility index (Phi) is 8.88. The molecule has 0 aliphatic carbocycles. The van der Waals surface area contributed by atoms with Crippen LogP contribution in [0.5, 0.6) is 0 Å². The van der Waals surface area contributed by atoms with Crippen molar-refractivity contribution >= 4 is 30.6 Å². The zero-order valence-electron chi connectivity index (χ0n) is 19.3. The second-order valence-electron chi connectivity index (χ2n) is 8.01. The number of nitrogens with one attached hydrogen (secondary N) is 1. The van der Waals surface area contributed by atoms with Crippen LogP contribution in [0.4, 0.5) is 0 Å². The molecule has 3 aromatic carbocycles. The molecule has 4 aromatic rings. The van der Waals surface area contributed by atoms with Gasteiger partial charge in [-0.2, -0.15) is 11.8 Å². The van der Waals surface area contributed by atoms with Crippen LogP contribution in [0, 0.1) is 0 Å². The molecular weight excluding hydrogens is 455 g/mol. The number of rotatable bonds is 11. The average molecular weight is 484 g/mol. The van der Waals surface area contributed by atoms with E-state index >= 15 is 0 Å². The lowest BCUT2D eigenvalue weighted by Gasteiger charge is -2.35. The van der Waals surface area contributed by atoms with E-state index in [9.17, 15) is 5.02 Å². The minimum atomic E-state index is -0.482. The van der Waals surface area contributed by atoms with Crippen molar-refractivity contribution in [3.05, 3.63) is 132 Å². The summed E-state index contributed by atoms with van der Waals surface area (Å²) in [5.74, 6) is 1.73. The first-order valence-electron chi connectivity index (χ1n) is 11.5. The molecule has 0 spiro atoms. The third-order valence-electron chi connectivity index (χ3n) is 5.58. The molecule has 0 unspecified atom stereocenters. The standard InChI is InChI=1S/C28H29BN2OS2/c1-29(32)31-20-21-33-22-26-27(18-11-19-30-26)34-28(23-12-5-2-6-13-23,24-14-7-3-8-15-24)25-16-9-4-10-17-25/h2-19,31-32H,20-22H2,1H3. The summed E-state index contributed by atoms with van der Waals surface area (Å²) in [6.07, 6.45) is 1.88. The van der Waals surface area contributed by atoms with E-state index in [4.69, 9.17) is 4.98 Å². The van der Waals surface area contributed by atoms with Crippen molar-refractivity contribution in [2.45, 2.75) is 22.2 Å². The lowest BCUT2D eigenvalue weighted by atomic mass is 9.84. The Morgan fingerprint density at radius 3 is 1.82 bits per heavy atom. The Balaban J connectivity index is 1.75. The summed E-state index contributed by atoms with van der Waals surface area (Å²) in [5.41, 5.74) is 4.80. The molecular formula is C28H29BN2OS2. The van der Waals surface area contributed by atoms with Crippen LogP contribution < -0.4 is 5.23 Å². The van der Waals surface area contributed by atoms with Crippen molar-refractivity contribution in [2.24, 2.45) is 0 Å². The van der Waals surface area contributed by atoms with E-state index < -0.39 is 11.8 Å². The van der Waals surface area contributed by atoms with Gasteiger partial charge in [0, 0.05) is 22.6 Å². The van der Waals surface area contributed by atoms with E-state index in [0.717, 1.165) is 23.7 Å². The summed E-state index contributed by atoms with van der Waals surface area (Å²) >= 11 is 3.69. The van der Waals surface area contributed by atoms with Crippen LogP contribution in [0.25, 0.3) is 0 Å². The molecule has 1 heterocycles. The molecule has 4 rings (SSSR count). The summed E-state index contributed by atoms with van der Waals surface area (Å²) in [6, 6.07) is 36.5. The van der Waals surface area contributed by atoms with E-state index in [1.165, 1.54) is 21.6 Å². The van der Waals surface area contributed by atoms with Gasteiger partial charge in [-0.1, -0.05) is 91.0 Å². The van der Waals surface area contributed by atoms with Gasteiger partial charge >= 0.3 is 7.05 Å². The smallest absolute Gasteiger partial charge is 0.373 e. The zero-order valence-corrected chi connectivity index (χ0v) is 20.9. The summed E-state index contributed by atoms with van der Waals surface area (Å²) in [6.45, 7) is 2.51. The van der Waals surface area contributed by atoms with Crippen molar-refractivity contribution in [3.63, 3.8) is 0 Å². The third-order valence-corrected chi connectivity index (χ3v) is 8.15. The molecule has 34 heavy (non-hydrogen) atoms. The normalized spacial score (nSPS) is 11.4. The van der Waals surface area contributed by atoms with Gasteiger partial charge in [0.15, 0.2) is 0 Å². The molecule has 0 bridgehead atoms. The van der Waals surface area contributed by atoms with Crippen LogP contribution in [0.1, 0.15) is 22.4 Å². The predicted molar refractivity (Wildman–Crippen MR) is 147 cm³/mol. The molecule has 0 amide bonds. The number of hydrogen-bond acceptors (Lipinski definition) is 5. The van der Waals surface area contributed by atoms with E-state index in [1.54, 1.807) is 6.82 Å². The van der Waals surface area contributed by atoms with Crippen LogP contribution in [0.15, 0.2) is 114 Å². The lowest BCUT2D eigenvalue weighted by Crippen LogP contribution is -2.32. The zero-order chi connectivity index (χ0) is 23.6. The Morgan fingerprint density at radius 2 is 1.32 bits per heavy atom. The second-order valence-corrected chi connectivity index (χ2v) is 10.4. The third kappa shape index (κ3) is 5.94. The van der Waals surface area contributed by atoms with Crippen molar-refractivity contribution in [3.8, 4) is 0 Å². The highest BCUT2D eigenvalue weighted by molar-refractivity contribution is 8.01. The first kappa shape index (κ1) is 24.6. The van der Waals surface area contributed by atoms with Gasteiger partial charge in [0.2, 0.25) is 0 Å². The molecule has 6 heteroatoms. The number of benzene rings is 3. The van der Waals surface area contributed by atoms with E-state index in [1.807, 2.05) is 35.8 Å². The van der Waals surface area contributed by atoms with Crippen LogP contribution in [-0.2, 0) is 10.5 Å². The van der Waals surface area contributed by atoms with Crippen molar-refractivity contribution in [1.82, 2.24) is 10.2 Å². The topological polar surface area (TPSA) is 45.1 Å². The minimum Gasteiger partial charge on any atom is -0.437 e. The minimum absolute atomic E-state index is 0.417. The molecule has 172 valence electrons. The van der Waals surface area contributed by atoms with Gasteiger partial charge in [0.25, 0.3) is 0 Å². The molecule has 0 aliphatic rings. The number of nitrogens with zero attached hydrogens (tertiary/aromatic N) is 1. The van der Waals surface area contributed by atoms with Gasteiger partial charge in [-0.05, 0) is 42.2 Å². The Hall–Kier alpha value is -2.51. The maximum absolute atomic E-state index is 9.43. The van der Waals surface area contributed by atoms with Gasteiger partial charge in [-0.25, -0.2) is 0 Å². The average Bonchev–Trinajstić information content (AvgIpc) is 2.89. The first-order valence-corrected chi connectivity index (χ1v) is 13.5. The molecule has 0 saturated carbocycles. The molecule has 0 aliphatic heterocycles. The van der Waals surface area contributed by atoms with Gasteiger partial charge in [0.1, 0.15) is 0 Å². The number of aromatic nitrogens is 1. The van der Waals surface area contributed by atoms with Crippen molar-refractivity contribution in [2.75, 3.05) is 12.3 Å². The van der Waals surface area contributed by atoms with Gasteiger partial charge in [-0.15, -0.1) is 11.8 Å². The molecule has 2 N–H and O–H groups in total. The molecule has 0 atom stereocenters. The molecule has 0 saturated heterocycles. The summed E-state index contributed by atoms with van der Waals surface area (Å²) in [4.78, 5) is 5.94. The summed E-state index contributed by atoms with van der Waals surface area (Å²) in [5, 5.41) is 12.5. The number of pyridine rings is 1. The number of thioether (sulfide) groups is 2. The van der Waals surface area contributed by atoms with E-state index in [2.05, 4.69) is 102 Å². The van der Waals surface area contributed by atoms with Gasteiger partial charge < -0.3 is 10.3 Å². The summed E-state index contributed by atoms with van der Waals surface area (Å²) in [7, 11) is -0.482. The van der Waals surface area contributed by atoms with E-state index in [-0.39, 0.29) is 0 Å². The van der Waals surface area contributed by atoms with Crippen LogP contribution >= 0.6 is 23.5 Å². The molecule has 0 fully saturated rings. The van der Waals surface area contributed by atoms with Crippen LogP contribution in [0.3, 0.4) is 0 Å².